The van der Waals surface area contributed by atoms with Gasteiger partial charge in [-0.3, -0.25) is 0 Å². The highest BCUT2D eigenvalue weighted by Crippen LogP contribution is 2.15. The highest BCUT2D eigenvalue weighted by Gasteiger charge is 2.10. The zero-order valence-electron chi connectivity index (χ0n) is 9.64. The van der Waals surface area contributed by atoms with Crippen LogP contribution in [0.4, 0.5) is 0 Å². The Bertz CT molecular complexity index is 478. The van der Waals surface area contributed by atoms with Gasteiger partial charge in [-0.15, -0.1) is 0 Å². The predicted octanol–water partition coefficient (Wildman–Crippen LogP) is 0.925. The maximum Gasteiger partial charge on any atom is 0.106 e. The molecule has 16 heavy (non-hydrogen) atoms. The monoisotopic (exact) mass is 219 g/mol. The summed E-state index contributed by atoms with van der Waals surface area (Å²) in [6, 6.07) is 7.98. The second kappa shape index (κ2) is 4.63. The molecule has 0 amide bonds. The van der Waals surface area contributed by atoms with Crippen LogP contribution < -0.4 is 5.32 Å². The van der Waals surface area contributed by atoms with Gasteiger partial charge in [0.05, 0.1) is 23.7 Å². The lowest BCUT2D eigenvalue weighted by Gasteiger charge is -2.12. The van der Waals surface area contributed by atoms with Crippen LogP contribution in [-0.2, 0) is 6.54 Å². The smallest absolute Gasteiger partial charge is 0.106 e. The predicted molar refractivity (Wildman–Crippen MR) is 64.4 cm³/mol. The van der Waals surface area contributed by atoms with Gasteiger partial charge < -0.3 is 15.0 Å². The van der Waals surface area contributed by atoms with E-state index in [1.165, 1.54) is 0 Å². The van der Waals surface area contributed by atoms with Crippen LogP contribution in [0.15, 0.2) is 24.3 Å². The van der Waals surface area contributed by atoms with Crippen molar-refractivity contribution in [3.05, 3.63) is 30.1 Å². The fourth-order valence-electron chi connectivity index (χ4n) is 1.94. The molecule has 0 bridgehead atoms. The number of fused-ring (bicyclic) bond motifs is 1. The Morgan fingerprint density at radius 1 is 1.44 bits per heavy atom. The van der Waals surface area contributed by atoms with E-state index in [0.717, 1.165) is 16.9 Å². The number of rotatable bonds is 4. The lowest BCUT2D eigenvalue weighted by atomic mass is 10.3. The molecule has 4 heteroatoms. The highest BCUT2D eigenvalue weighted by molar-refractivity contribution is 5.75. The summed E-state index contributed by atoms with van der Waals surface area (Å²) in [6.45, 7) is 3.13. The van der Waals surface area contributed by atoms with Crippen molar-refractivity contribution in [2.75, 3.05) is 13.6 Å². The van der Waals surface area contributed by atoms with Gasteiger partial charge in [0.2, 0.25) is 0 Å². The van der Waals surface area contributed by atoms with Crippen LogP contribution in [-0.4, -0.2) is 34.4 Å². The first-order valence-electron chi connectivity index (χ1n) is 5.47. The van der Waals surface area contributed by atoms with Gasteiger partial charge in [-0.05, 0) is 26.1 Å². The topological polar surface area (TPSA) is 50.1 Å². The molecule has 0 spiro atoms. The number of aryl methyl sites for hydroxylation is 1. The third-order valence-electron chi connectivity index (χ3n) is 2.68. The molecule has 0 saturated carbocycles. The average Bonchev–Trinajstić information content (AvgIpc) is 2.56. The molecule has 0 radical (unpaired) electrons. The summed E-state index contributed by atoms with van der Waals surface area (Å²) < 4.78 is 2.05. The van der Waals surface area contributed by atoms with Crippen molar-refractivity contribution in [3.63, 3.8) is 0 Å². The molecule has 0 fully saturated rings. The van der Waals surface area contributed by atoms with Gasteiger partial charge in [0, 0.05) is 6.54 Å². The standard InChI is InChI=1S/C12H17N3O/c1-9-14-11-5-3-4-6-12(11)15(9)8-10(16)7-13-2/h3-6,10,13,16H,7-8H2,1-2H3. The molecule has 2 aromatic rings. The Morgan fingerprint density at radius 2 is 2.19 bits per heavy atom. The van der Waals surface area contributed by atoms with Gasteiger partial charge in [0.1, 0.15) is 5.82 Å². The Hall–Kier alpha value is -1.39. The SMILES string of the molecule is CNCC(O)Cn1c(C)nc2ccccc21. The van der Waals surface area contributed by atoms with Crippen molar-refractivity contribution in [2.24, 2.45) is 0 Å². The number of nitrogens with zero attached hydrogens (tertiary/aromatic N) is 2. The summed E-state index contributed by atoms with van der Waals surface area (Å²) in [5, 5.41) is 12.8. The lowest BCUT2D eigenvalue weighted by molar-refractivity contribution is 0.154. The minimum Gasteiger partial charge on any atom is -0.390 e. The zero-order valence-corrected chi connectivity index (χ0v) is 9.64. The van der Waals surface area contributed by atoms with E-state index in [9.17, 15) is 5.11 Å². The van der Waals surface area contributed by atoms with E-state index in [1.807, 2.05) is 38.2 Å². The van der Waals surface area contributed by atoms with Gasteiger partial charge >= 0.3 is 0 Å². The number of likely N-dealkylation sites (N-methyl/N-ethyl adjacent to an activating group) is 1. The Balaban J connectivity index is 2.32. The minimum absolute atomic E-state index is 0.388. The molecule has 0 aliphatic heterocycles. The van der Waals surface area contributed by atoms with Crippen molar-refractivity contribution in [2.45, 2.75) is 19.6 Å². The number of aliphatic hydroxyl groups is 1. The minimum atomic E-state index is -0.388. The third-order valence-corrected chi connectivity index (χ3v) is 2.68. The molecule has 0 aliphatic rings. The largest absolute Gasteiger partial charge is 0.390 e. The molecule has 1 aromatic carbocycles. The normalized spacial score (nSPS) is 13.2. The number of imidazole rings is 1. The molecule has 1 heterocycles. The summed E-state index contributed by atoms with van der Waals surface area (Å²) in [6.07, 6.45) is -0.388. The molecule has 0 aliphatic carbocycles. The first-order valence-corrected chi connectivity index (χ1v) is 5.47. The van der Waals surface area contributed by atoms with Crippen LogP contribution in [0.5, 0.6) is 0 Å². The van der Waals surface area contributed by atoms with E-state index in [4.69, 9.17) is 0 Å². The van der Waals surface area contributed by atoms with Crippen molar-refractivity contribution >= 4 is 11.0 Å². The first-order chi connectivity index (χ1) is 7.72. The van der Waals surface area contributed by atoms with E-state index in [0.29, 0.717) is 13.1 Å². The van der Waals surface area contributed by atoms with Crippen LogP contribution in [0.25, 0.3) is 11.0 Å². The quantitative estimate of drug-likeness (QED) is 0.804. The number of para-hydroxylation sites is 2. The molecule has 1 unspecified atom stereocenters. The maximum atomic E-state index is 9.79. The van der Waals surface area contributed by atoms with Crippen LogP contribution in [0.2, 0.25) is 0 Å². The maximum absolute atomic E-state index is 9.79. The van der Waals surface area contributed by atoms with Crippen LogP contribution in [0.3, 0.4) is 0 Å². The summed E-state index contributed by atoms with van der Waals surface area (Å²) in [5.41, 5.74) is 2.06. The molecule has 2 rings (SSSR count). The van der Waals surface area contributed by atoms with E-state index in [2.05, 4.69) is 14.9 Å². The molecule has 0 saturated heterocycles. The van der Waals surface area contributed by atoms with Crippen molar-refractivity contribution in [1.29, 1.82) is 0 Å². The number of hydrogen-bond donors (Lipinski definition) is 2. The van der Waals surface area contributed by atoms with E-state index >= 15 is 0 Å². The summed E-state index contributed by atoms with van der Waals surface area (Å²) >= 11 is 0. The lowest BCUT2D eigenvalue weighted by Crippen LogP contribution is -2.28. The second-order valence-electron chi connectivity index (χ2n) is 3.97. The molecule has 4 nitrogen and oxygen atoms in total. The Morgan fingerprint density at radius 3 is 2.94 bits per heavy atom. The van der Waals surface area contributed by atoms with Crippen molar-refractivity contribution in [1.82, 2.24) is 14.9 Å². The molecule has 1 aromatic heterocycles. The van der Waals surface area contributed by atoms with Crippen LogP contribution >= 0.6 is 0 Å². The molecule has 86 valence electrons. The molecular formula is C12H17N3O. The zero-order chi connectivity index (χ0) is 11.5. The van der Waals surface area contributed by atoms with E-state index in [-0.39, 0.29) is 6.10 Å². The first kappa shape index (κ1) is 11.1. The highest BCUT2D eigenvalue weighted by atomic mass is 16.3. The second-order valence-corrected chi connectivity index (χ2v) is 3.97. The Kier molecular flexibility index (Phi) is 3.22. The molecular weight excluding hydrogens is 202 g/mol. The van der Waals surface area contributed by atoms with Gasteiger partial charge in [0.15, 0.2) is 0 Å². The number of aliphatic hydroxyl groups excluding tert-OH is 1. The molecule has 1 atom stereocenters. The third kappa shape index (κ3) is 2.08. The molecule has 2 N–H and O–H groups in total. The number of hydrogen-bond acceptors (Lipinski definition) is 3. The summed E-state index contributed by atoms with van der Waals surface area (Å²) in [5.74, 6) is 0.941. The van der Waals surface area contributed by atoms with Crippen LogP contribution in [0, 0.1) is 6.92 Å². The number of nitrogens with one attached hydrogen (secondary N) is 1. The van der Waals surface area contributed by atoms with Crippen molar-refractivity contribution in [3.8, 4) is 0 Å². The Labute approximate surface area is 94.9 Å². The van der Waals surface area contributed by atoms with Crippen LogP contribution in [0.1, 0.15) is 5.82 Å². The van der Waals surface area contributed by atoms with Gasteiger partial charge in [-0.2, -0.15) is 0 Å². The van der Waals surface area contributed by atoms with Crippen molar-refractivity contribution < 1.29 is 5.11 Å². The number of aromatic nitrogens is 2. The van der Waals surface area contributed by atoms with E-state index < -0.39 is 0 Å². The number of benzene rings is 1. The average molecular weight is 219 g/mol. The van der Waals surface area contributed by atoms with Gasteiger partial charge in [0.25, 0.3) is 0 Å². The van der Waals surface area contributed by atoms with Gasteiger partial charge in [-0.25, -0.2) is 4.98 Å². The van der Waals surface area contributed by atoms with Gasteiger partial charge in [-0.1, -0.05) is 12.1 Å². The van der Waals surface area contributed by atoms with E-state index in [1.54, 1.807) is 0 Å². The fourth-order valence-corrected chi connectivity index (χ4v) is 1.94. The fraction of sp³-hybridized carbons (Fsp3) is 0.417. The summed E-state index contributed by atoms with van der Waals surface area (Å²) in [4.78, 5) is 4.46. The summed E-state index contributed by atoms with van der Waals surface area (Å²) in [7, 11) is 1.84.